The molecule has 0 bridgehead atoms. The fraction of sp³-hybridized carbons (Fsp3) is 0.312. The van der Waals surface area contributed by atoms with Crippen molar-refractivity contribution in [2.24, 2.45) is 0 Å². The number of nitrogens with zero attached hydrogens (tertiary/aromatic N) is 2. The van der Waals surface area contributed by atoms with Crippen molar-refractivity contribution in [1.29, 1.82) is 0 Å². The van der Waals surface area contributed by atoms with Crippen molar-refractivity contribution in [2.45, 2.75) is 13.3 Å². The van der Waals surface area contributed by atoms with E-state index >= 15 is 0 Å². The summed E-state index contributed by atoms with van der Waals surface area (Å²) in [6.07, 6.45) is 2.38. The summed E-state index contributed by atoms with van der Waals surface area (Å²) in [5, 5.41) is 6.47. The molecule has 7 heteroatoms. The molecule has 1 heterocycles. The summed E-state index contributed by atoms with van der Waals surface area (Å²) in [5.74, 6) is 0.106. The van der Waals surface area contributed by atoms with E-state index < -0.39 is 0 Å². The van der Waals surface area contributed by atoms with Gasteiger partial charge >= 0.3 is 0 Å². The van der Waals surface area contributed by atoms with Gasteiger partial charge in [-0.15, -0.1) is 0 Å². The molecular formula is C16H19ClN4O2. The van der Waals surface area contributed by atoms with Crippen LogP contribution in [0.25, 0.3) is 0 Å². The average Bonchev–Trinajstić information content (AvgIpc) is 2.56. The molecule has 2 N–H and O–H groups in total. The fourth-order valence-electron chi connectivity index (χ4n) is 1.92. The first-order valence-corrected chi connectivity index (χ1v) is 7.62. The number of carbonyl (C=O) groups excluding carboxylic acids is 1. The lowest BCUT2D eigenvalue weighted by atomic mass is 10.2. The Kier molecular flexibility index (Phi) is 6.31. The van der Waals surface area contributed by atoms with Crippen molar-refractivity contribution >= 4 is 29.1 Å². The topological polar surface area (TPSA) is 76.1 Å². The molecule has 0 aliphatic carbocycles. The van der Waals surface area contributed by atoms with Crippen molar-refractivity contribution < 1.29 is 9.53 Å². The summed E-state index contributed by atoms with van der Waals surface area (Å²) in [7, 11) is 1.65. The van der Waals surface area contributed by atoms with Gasteiger partial charge < -0.3 is 15.4 Å². The van der Waals surface area contributed by atoms with Crippen molar-refractivity contribution in [3.63, 3.8) is 0 Å². The molecular weight excluding hydrogens is 316 g/mol. The minimum absolute atomic E-state index is 0.286. The minimum Gasteiger partial charge on any atom is -0.385 e. The molecule has 23 heavy (non-hydrogen) atoms. The van der Waals surface area contributed by atoms with Crippen molar-refractivity contribution in [2.75, 3.05) is 30.9 Å². The highest BCUT2D eigenvalue weighted by Crippen LogP contribution is 2.23. The Balaban J connectivity index is 2.03. The summed E-state index contributed by atoms with van der Waals surface area (Å²) >= 11 is 6.05. The molecule has 2 aromatic rings. The van der Waals surface area contributed by atoms with Gasteiger partial charge in [-0.3, -0.25) is 4.79 Å². The van der Waals surface area contributed by atoms with Gasteiger partial charge in [0.15, 0.2) is 0 Å². The molecule has 0 saturated carbocycles. The van der Waals surface area contributed by atoms with Crippen LogP contribution in [0.2, 0.25) is 5.02 Å². The average molecular weight is 335 g/mol. The lowest BCUT2D eigenvalue weighted by Gasteiger charge is -2.10. The van der Waals surface area contributed by atoms with E-state index in [4.69, 9.17) is 16.3 Å². The predicted molar refractivity (Wildman–Crippen MR) is 91.2 cm³/mol. The van der Waals surface area contributed by atoms with E-state index in [-0.39, 0.29) is 11.6 Å². The van der Waals surface area contributed by atoms with E-state index in [2.05, 4.69) is 20.6 Å². The fourth-order valence-corrected chi connectivity index (χ4v) is 2.09. The van der Waals surface area contributed by atoms with Gasteiger partial charge in [0.1, 0.15) is 5.69 Å². The van der Waals surface area contributed by atoms with Gasteiger partial charge in [0.2, 0.25) is 5.95 Å². The van der Waals surface area contributed by atoms with Crippen LogP contribution in [0.1, 0.15) is 22.5 Å². The monoisotopic (exact) mass is 334 g/mol. The molecule has 6 nitrogen and oxygen atoms in total. The molecule has 0 spiro atoms. The molecule has 1 amide bonds. The highest BCUT2D eigenvalue weighted by molar-refractivity contribution is 6.31. The SMILES string of the molecule is COCCCNc1nccc(C(=O)Nc2cccc(Cl)c2C)n1. The largest absolute Gasteiger partial charge is 0.385 e. The summed E-state index contributed by atoms with van der Waals surface area (Å²) in [5.41, 5.74) is 1.76. The van der Waals surface area contributed by atoms with Crippen LogP contribution in [0, 0.1) is 6.92 Å². The molecule has 2 rings (SSSR count). The zero-order valence-corrected chi connectivity index (χ0v) is 13.9. The highest BCUT2D eigenvalue weighted by atomic mass is 35.5. The van der Waals surface area contributed by atoms with E-state index in [1.807, 2.05) is 6.92 Å². The predicted octanol–water partition coefficient (Wildman–Crippen LogP) is 3.14. The van der Waals surface area contributed by atoms with Crippen LogP contribution < -0.4 is 10.6 Å². The number of nitrogens with one attached hydrogen (secondary N) is 2. The van der Waals surface area contributed by atoms with Gasteiger partial charge in [-0.25, -0.2) is 9.97 Å². The standard InChI is InChI=1S/C16H19ClN4O2/c1-11-12(17)5-3-6-13(11)20-15(22)14-7-9-19-16(21-14)18-8-4-10-23-2/h3,5-7,9H,4,8,10H2,1-2H3,(H,20,22)(H,18,19,21). The van der Waals surface area contributed by atoms with Crippen LogP contribution >= 0.6 is 11.6 Å². The van der Waals surface area contributed by atoms with Crippen LogP contribution in [0.5, 0.6) is 0 Å². The van der Waals surface area contributed by atoms with E-state index in [0.29, 0.717) is 29.8 Å². The lowest BCUT2D eigenvalue weighted by molar-refractivity contribution is 0.102. The van der Waals surface area contributed by atoms with Gasteiger partial charge in [0, 0.05) is 37.2 Å². The Bertz CT molecular complexity index is 679. The van der Waals surface area contributed by atoms with E-state index in [1.54, 1.807) is 37.6 Å². The normalized spacial score (nSPS) is 10.4. The molecule has 1 aromatic heterocycles. The molecule has 0 atom stereocenters. The number of aromatic nitrogens is 2. The zero-order chi connectivity index (χ0) is 16.7. The van der Waals surface area contributed by atoms with Crippen molar-refractivity contribution in [1.82, 2.24) is 9.97 Å². The van der Waals surface area contributed by atoms with Gasteiger partial charge in [0.25, 0.3) is 5.91 Å². The summed E-state index contributed by atoms with van der Waals surface area (Å²) in [6, 6.07) is 6.92. The second kappa shape index (κ2) is 8.45. The molecule has 0 aliphatic rings. The smallest absolute Gasteiger partial charge is 0.274 e. The number of anilines is 2. The number of amides is 1. The Hall–Kier alpha value is -2.18. The van der Waals surface area contributed by atoms with Gasteiger partial charge in [0.05, 0.1) is 0 Å². The Morgan fingerprint density at radius 2 is 2.17 bits per heavy atom. The van der Waals surface area contributed by atoms with E-state index in [0.717, 1.165) is 12.0 Å². The number of benzene rings is 1. The van der Waals surface area contributed by atoms with Crippen molar-refractivity contribution in [3.8, 4) is 0 Å². The number of carbonyl (C=O) groups is 1. The molecule has 0 aliphatic heterocycles. The van der Waals surface area contributed by atoms with Crippen molar-refractivity contribution in [3.05, 3.63) is 46.7 Å². The molecule has 1 aromatic carbocycles. The first-order chi connectivity index (χ1) is 11.1. The maximum Gasteiger partial charge on any atom is 0.274 e. The molecule has 122 valence electrons. The maximum absolute atomic E-state index is 12.3. The quantitative estimate of drug-likeness (QED) is 0.761. The molecule has 0 radical (unpaired) electrons. The Morgan fingerprint density at radius 3 is 2.96 bits per heavy atom. The van der Waals surface area contributed by atoms with Crippen LogP contribution in [0.3, 0.4) is 0 Å². The first-order valence-electron chi connectivity index (χ1n) is 7.24. The lowest BCUT2D eigenvalue weighted by Crippen LogP contribution is -2.16. The summed E-state index contributed by atoms with van der Waals surface area (Å²) < 4.78 is 4.97. The second-order valence-electron chi connectivity index (χ2n) is 4.91. The zero-order valence-electron chi connectivity index (χ0n) is 13.1. The number of methoxy groups -OCH3 is 1. The second-order valence-corrected chi connectivity index (χ2v) is 5.31. The van der Waals surface area contributed by atoms with Crippen LogP contribution in [-0.4, -0.2) is 36.1 Å². The van der Waals surface area contributed by atoms with Gasteiger partial charge in [-0.2, -0.15) is 0 Å². The summed E-state index contributed by atoms with van der Waals surface area (Å²) in [6.45, 7) is 3.17. The van der Waals surface area contributed by atoms with Crippen LogP contribution in [0.15, 0.2) is 30.5 Å². The highest BCUT2D eigenvalue weighted by Gasteiger charge is 2.11. The molecule has 0 unspecified atom stereocenters. The number of rotatable bonds is 7. The first kappa shape index (κ1) is 17.2. The van der Waals surface area contributed by atoms with Gasteiger partial charge in [-0.05, 0) is 37.1 Å². The number of ether oxygens (including phenoxy) is 1. The van der Waals surface area contributed by atoms with Crippen LogP contribution in [-0.2, 0) is 4.74 Å². The molecule has 0 saturated heterocycles. The summed E-state index contributed by atoms with van der Waals surface area (Å²) in [4.78, 5) is 20.6. The third-order valence-corrected chi connectivity index (χ3v) is 3.62. The minimum atomic E-state index is -0.308. The van der Waals surface area contributed by atoms with Crippen LogP contribution in [0.4, 0.5) is 11.6 Å². The van der Waals surface area contributed by atoms with E-state index in [9.17, 15) is 4.79 Å². The third kappa shape index (κ3) is 4.91. The Labute approximate surface area is 140 Å². The Morgan fingerprint density at radius 1 is 1.35 bits per heavy atom. The van der Waals surface area contributed by atoms with Gasteiger partial charge in [-0.1, -0.05) is 17.7 Å². The number of hydrogen-bond donors (Lipinski definition) is 2. The van der Waals surface area contributed by atoms with E-state index in [1.165, 1.54) is 0 Å². The maximum atomic E-state index is 12.3. The molecule has 0 fully saturated rings. The number of halogens is 1. The number of hydrogen-bond acceptors (Lipinski definition) is 5. The third-order valence-electron chi connectivity index (χ3n) is 3.21.